The number of hydrogen-bond acceptors (Lipinski definition) is 4. The molecule has 28 heavy (non-hydrogen) atoms. The van der Waals surface area contributed by atoms with E-state index in [0.29, 0.717) is 0 Å². The van der Waals surface area contributed by atoms with E-state index in [1.807, 2.05) is 12.1 Å². The van der Waals surface area contributed by atoms with E-state index >= 15 is 0 Å². The van der Waals surface area contributed by atoms with E-state index < -0.39 is 0 Å². The molecule has 154 valence electrons. The van der Waals surface area contributed by atoms with Crippen molar-refractivity contribution in [3.8, 4) is 22.8 Å². The number of aromatic nitrogens is 2. The van der Waals surface area contributed by atoms with Crippen LogP contribution in [0.15, 0.2) is 18.2 Å². The number of nitrogens with one attached hydrogen (secondary N) is 1. The zero-order valence-corrected chi connectivity index (χ0v) is 17.7. The Labute approximate surface area is 169 Å². The van der Waals surface area contributed by atoms with Crippen LogP contribution in [-0.2, 0) is 13.0 Å². The van der Waals surface area contributed by atoms with Crippen molar-refractivity contribution in [1.29, 1.82) is 0 Å². The molecule has 0 radical (unpaired) electrons. The minimum Gasteiger partial charge on any atom is -0.493 e. The van der Waals surface area contributed by atoms with Crippen molar-refractivity contribution in [1.82, 2.24) is 15.1 Å². The van der Waals surface area contributed by atoms with E-state index in [4.69, 9.17) is 9.47 Å². The standard InChI is InChI=1S/C23H35N3O2/c1-4-5-6-7-8-9-10-15-28-21-12-11-18(16-22(21)27-3)23-19-17-26(2)14-13-20(19)24-25-23/h11-12,16H,4-10,13-15,17H2,1-3H3,(H,24,25). The Hall–Kier alpha value is -2.01. The van der Waals surface area contributed by atoms with Crippen LogP contribution in [0.25, 0.3) is 11.3 Å². The second-order valence-electron chi connectivity index (χ2n) is 7.85. The lowest BCUT2D eigenvalue weighted by molar-refractivity contribution is 0.284. The Morgan fingerprint density at radius 1 is 1.07 bits per heavy atom. The first kappa shape index (κ1) is 20.7. The average Bonchev–Trinajstić information content (AvgIpc) is 3.13. The third-order valence-corrected chi connectivity index (χ3v) is 5.57. The quantitative estimate of drug-likeness (QED) is 0.540. The maximum Gasteiger partial charge on any atom is 0.161 e. The lowest BCUT2D eigenvalue weighted by Crippen LogP contribution is -2.26. The lowest BCUT2D eigenvalue weighted by atomic mass is 10.0. The molecule has 0 saturated carbocycles. The summed E-state index contributed by atoms with van der Waals surface area (Å²) in [5.74, 6) is 1.60. The van der Waals surface area contributed by atoms with Gasteiger partial charge in [0.25, 0.3) is 0 Å². The summed E-state index contributed by atoms with van der Waals surface area (Å²) in [5, 5.41) is 7.79. The van der Waals surface area contributed by atoms with Crippen molar-refractivity contribution in [2.45, 2.75) is 64.8 Å². The number of ether oxygens (including phenoxy) is 2. The molecular weight excluding hydrogens is 350 g/mol. The highest BCUT2D eigenvalue weighted by molar-refractivity contribution is 5.67. The van der Waals surface area contributed by atoms with Gasteiger partial charge >= 0.3 is 0 Å². The zero-order valence-electron chi connectivity index (χ0n) is 17.7. The first-order chi connectivity index (χ1) is 13.7. The maximum atomic E-state index is 6.00. The number of methoxy groups -OCH3 is 1. The third kappa shape index (κ3) is 5.28. The van der Waals surface area contributed by atoms with Crippen molar-refractivity contribution in [2.24, 2.45) is 0 Å². The Bertz CT molecular complexity index is 741. The molecule has 0 atom stereocenters. The van der Waals surface area contributed by atoms with E-state index in [0.717, 1.165) is 55.3 Å². The average molecular weight is 386 g/mol. The molecule has 0 amide bonds. The van der Waals surface area contributed by atoms with Crippen LogP contribution in [0.5, 0.6) is 11.5 Å². The molecule has 2 aromatic rings. The number of fused-ring (bicyclic) bond motifs is 1. The molecule has 5 nitrogen and oxygen atoms in total. The minimum atomic E-state index is 0.742. The Morgan fingerprint density at radius 2 is 1.86 bits per heavy atom. The van der Waals surface area contributed by atoms with Gasteiger partial charge in [-0.15, -0.1) is 0 Å². The number of aromatic amines is 1. The molecule has 0 saturated heterocycles. The Morgan fingerprint density at radius 3 is 2.64 bits per heavy atom. The van der Waals surface area contributed by atoms with Crippen LogP contribution >= 0.6 is 0 Å². The van der Waals surface area contributed by atoms with Gasteiger partial charge in [-0.2, -0.15) is 5.10 Å². The fraction of sp³-hybridized carbons (Fsp3) is 0.609. The van der Waals surface area contributed by atoms with Gasteiger partial charge in [0.05, 0.1) is 19.4 Å². The molecule has 1 aliphatic heterocycles. The molecule has 0 aliphatic carbocycles. The summed E-state index contributed by atoms with van der Waals surface area (Å²) in [6.07, 6.45) is 10.0. The summed E-state index contributed by atoms with van der Waals surface area (Å²) < 4.78 is 11.6. The van der Waals surface area contributed by atoms with E-state index in [1.54, 1.807) is 7.11 Å². The number of nitrogens with zero attached hydrogens (tertiary/aromatic N) is 2. The van der Waals surface area contributed by atoms with Crippen LogP contribution in [0.2, 0.25) is 0 Å². The van der Waals surface area contributed by atoms with Crippen LogP contribution in [0.3, 0.4) is 0 Å². The van der Waals surface area contributed by atoms with E-state index in [1.165, 1.54) is 49.8 Å². The van der Waals surface area contributed by atoms with Gasteiger partial charge in [0.1, 0.15) is 0 Å². The number of H-pyrrole nitrogens is 1. The highest BCUT2D eigenvalue weighted by atomic mass is 16.5. The summed E-state index contributed by atoms with van der Waals surface area (Å²) in [4.78, 5) is 2.33. The second-order valence-corrected chi connectivity index (χ2v) is 7.85. The number of rotatable bonds is 11. The molecule has 0 spiro atoms. The maximum absolute atomic E-state index is 6.00. The molecule has 1 N–H and O–H groups in total. The second kappa shape index (κ2) is 10.5. The van der Waals surface area contributed by atoms with Gasteiger partial charge in [0.15, 0.2) is 11.5 Å². The topological polar surface area (TPSA) is 50.4 Å². The first-order valence-electron chi connectivity index (χ1n) is 10.8. The summed E-state index contributed by atoms with van der Waals surface area (Å²) in [7, 11) is 3.86. The molecule has 0 unspecified atom stereocenters. The van der Waals surface area contributed by atoms with Crippen molar-refractivity contribution in [3.05, 3.63) is 29.5 Å². The Kier molecular flexibility index (Phi) is 7.78. The normalized spacial score (nSPS) is 14.1. The van der Waals surface area contributed by atoms with Gasteiger partial charge in [0, 0.05) is 36.3 Å². The molecule has 1 aliphatic rings. The van der Waals surface area contributed by atoms with Gasteiger partial charge < -0.3 is 14.4 Å². The SMILES string of the molecule is CCCCCCCCCOc1ccc(-c2n[nH]c3c2CN(C)CC3)cc1OC. The molecule has 5 heteroatoms. The van der Waals surface area contributed by atoms with Crippen LogP contribution in [0.1, 0.15) is 63.1 Å². The van der Waals surface area contributed by atoms with Gasteiger partial charge in [-0.25, -0.2) is 0 Å². The monoisotopic (exact) mass is 385 g/mol. The number of unbranched alkanes of at least 4 members (excludes halogenated alkanes) is 6. The molecule has 3 rings (SSSR count). The largest absolute Gasteiger partial charge is 0.493 e. The molecule has 0 bridgehead atoms. The van der Waals surface area contributed by atoms with Crippen molar-refractivity contribution < 1.29 is 9.47 Å². The predicted octanol–water partition coefficient (Wildman–Crippen LogP) is 5.20. The summed E-state index contributed by atoms with van der Waals surface area (Å²) in [6, 6.07) is 6.15. The molecular formula is C23H35N3O2. The van der Waals surface area contributed by atoms with Crippen LogP contribution in [0.4, 0.5) is 0 Å². The molecule has 1 aromatic carbocycles. The molecule has 0 fully saturated rings. The highest BCUT2D eigenvalue weighted by Crippen LogP contribution is 2.35. The summed E-state index contributed by atoms with van der Waals surface area (Å²) in [6.45, 7) is 5.00. The van der Waals surface area contributed by atoms with E-state index in [-0.39, 0.29) is 0 Å². The van der Waals surface area contributed by atoms with Gasteiger partial charge in [-0.3, -0.25) is 5.10 Å². The third-order valence-electron chi connectivity index (χ3n) is 5.57. The highest BCUT2D eigenvalue weighted by Gasteiger charge is 2.21. The van der Waals surface area contributed by atoms with Gasteiger partial charge in [0.2, 0.25) is 0 Å². The van der Waals surface area contributed by atoms with Crippen molar-refractivity contribution in [3.63, 3.8) is 0 Å². The van der Waals surface area contributed by atoms with E-state index in [9.17, 15) is 0 Å². The fourth-order valence-electron chi connectivity index (χ4n) is 3.84. The minimum absolute atomic E-state index is 0.742. The number of benzene rings is 1. The van der Waals surface area contributed by atoms with Gasteiger partial charge in [-0.05, 0) is 31.7 Å². The summed E-state index contributed by atoms with van der Waals surface area (Å²) >= 11 is 0. The van der Waals surface area contributed by atoms with E-state index in [2.05, 4.69) is 35.1 Å². The van der Waals surface area contributed by atoms with Crippen molar-refractivity contribution >= 4 is 0 Å². The van der Waals surface area contributed by atoms with Crippen molar-refractivity contribution in [2.75, 3.05) is 27.3 Å². The molecule has 1 aromatic heterocycles. The fourth-order valence-corrected chi connectivity index (χ4v) is 3.84. The molecule has 2 heterocycles. The number of hydrogen-bond donors (Lipinski definition) is 1. The van der Waals surface area contributed by atoms with Gasteiger partial charge in [-0.1, -0.05) is 45.4 Å². The first-order valence-corrected chi connectivity index (χ1v) is 10.8. The van der Waals surface area contributed by atoms with Crippen LogP contribution in [0, 0.1) is 0 Å². The van der Waals surface area contributed by atoms with Crippen LogP contribution in [-0.4, -0.2) is 42.4 Å². The summed E-state index contributed by atoms with van der Waals surface area (Å²) in [5.41, 5.74) is 4.66. The smallest absolute Gasteiger partial charge is 0.161 e. The Balaban J connectivity index is 1.57. The number of likely N-dealkylation sites (N-methyl/N-ethyl adjacent to an activating group) is 1. The lowest BCUT2D eigenvalue weighted by Gasteiger charge is -2.22. The zero-order chi connectivity index (χ0) is 19.8. The predicted molar refractivity (Wildman–Crippen MR) is 114 cm³/mol. The van der Waals surface area contributed by atoms with Crippen LogP contribution < -0.4 is 9.47 Å².